The SMILES string of the molecule is Cc1c(Cl)c([N+](=O)[O-])nn1CC(=O)Nc1ccccc1O. The maximum absolute atomic E-state index is 11.9. The van der Waals surface area contributed by atoms with Gasteiger partial charge < -0.3 is 20.5 Å². The van der Waals surface area contributed by atoms with Crippen molar-refractivity contribution in [2.45, 2.75) is 13.5 Å². The molecule has 21 heavy (non-hydrogen) atoms. The van der Waals surface area contributed by atoms with Crippen LogP contribution in [0.15, 0.2) is 24.3 Å². The Morgan fingerprint density at radius 1 is 1.52 bits per heavy atom. The average Bonchev–Trinajstić information content (AvgIpc) is 2.70. The number of anilines is 1. The number of aromatic hydroxyl groups is 1. The molecule has 0 fully saturated rings. The maximum atomic E-state index is 11.9. The third-order valence-corrected chi connectivity index (χ3v) is 3.20. The smallest absolute Gasteiger partial charge is 0.408 e. The van der Waals surface area contributed by atoms with E-state index in [9.17, 15) is 20.0 Å². The van der Waals surface area contributed by atoms with Crippen molar-refractivity contribution in [1.82, 2.24) is 9.78 Å². The van der Waals surface area contributed by atoms with Crippen LogP contribution >= 0.6 is 11.6 Å². The number of hydrogen-bond acceptors (Lipinski definition) is 5. The monoisotopic (exact) mass is 310 g/mol. The van der Waals surface area contributed by atoms with E-state index in [-0.39, 0.29) is 23.0 Å². The first-order chi connectivity index (χ1) is 9.90. The van der Waals surface area contributed by atoms with Gasteiger partial charge in [0.05, 0.1) is 16.5 Å². The summed E-state index contributed by atoms with van der Waals surface area (Å²) in [5.41, 5.74) is 0.559. The van der Waals surface area contributed by atoms with Crippen molar-refractivity contribution >= 4 is 29.0 Å². The molecule has 0 saturated heterocycles. The average molecular weight is 311 g/mol. The number of phenolic OH excluding ortho intramolecular Hbond substituents is 1. The highest BCUT2D eigenvalue weighted by Gasteiger charge is 2.25. The van der Waals surface area contributed by atoms with Crippen LogP contribution in [0.3, 0.4) is 0 Å². The van der Waals surface area contributed by atoms with E-state index in [0.29, 0.717) is 5.69 Å². The first kappa shape index (κ1) is 14.8. The number of carbonyl (C=O) groups is 1. The van der Waals surface area contributed by atoms with Gasteiger partial charge in [-0.1, -0.05) is 23.7 Å². The van der Waals surface area contributed by atoms with E-state index in [1.807, 2.05) is 0 Å². The number of nitro groups is 1. The van der Waals surface area contributed by atoms with Gasteiger partial charge in [-0.25, -0.2) is 0 Å². The van der Waals surface area contributed by atoms with Crippen LogP contribution in [0, 0.1) is 17.0 Å². The summed E-state index contributed by atoms with van der Waals surface area (Å²) in [4.78, 5) is 21.9. The van der Waals surface area contributed by atoms with E-state index < -0.39 is 16.6 Å². The van der Waals surface area contributed by atoms with Gasteiger partial charge in [0, 0.05) is 0 Å². The van der Waals surface area contributed by atoms with Crippen molar-refractivity contribution in [2.75, 3.05) is 5.32 Å². The Labute approximate surface area is 124 Å². The quantitative estimate of drug-likeness (QED) is 0.510. The third kappa shape index (κ3) is 3.11. The van der Waals surface area contributed by atoms with E-state index in [4.69, 9.17) is 11.6 Å². The molecule has 8 nitrogen and oxygen atoms in total. The van der Waals surface area contributed by atoms with E-state index in [2.05, 4.69) is 10.4 Å². The van der Waals surface area contributed by atoms with Crippen molar-refractivity contribution in [3.63, 3.8) is 0 Å². The largest absolute Gasteiger partial charge is 0.506 e. The van der Waals surface area contributed by atoms with Crippen molar-refractivity contribution in [3.05, 3.63) is 45.1 Å². The van der Waals surface area contributed by atoms with Crippen LogP contribution in [0.2, 0.25) is 5.02 Å². The highest BCUT2D eigenvalue weighted by atomic mass is 35.5. The molecule has 2 aromatic rings. The predicted octanol–water partition coefficient (Wildman–Crippen LogP) is 2.10. The topological polar surface area (TPSA) is 110 Å². The number of nitrogens with one attached hydrogen (secondary N) is 1. The Balaban J connectivity index is 2.15. The molecule has 0 aliphatic rings. The third-order valence-electron chi connectivity index (χ3n) is 2.76. The molecule has 1 aromatic heterocycles. The second kappa shape index (κ2) is 5.80. The molecule has 0 aliphatic carbocycles. The summed E-state index contributed by atoms with van der Waals surface area (Å²) in [6.07, 6.45) is 0. The Morgan fingerprint density at radius 3 is 2.76 bits per heavy atom. The molecular weight excluding hydrogens is 300 g/mol. The number of carbonyl (C=O) groups excluding carboxylic acids is 1. The lowest BCUT2D eigenvalue weighted by Crippen LogP contribution is -2.20. The van der Waals surface area contributed by atoms with E-state index in [1.165, 1.54) is 19.1 Å². The Hall–Kier alpha value is -2.61. The zero-order valence-electron chi connectivity index (χ0n) is 10.9. The molecular formula is C12H11ClN4O4. The second-order valence-electron chi connectivity index (χ2n) is 4.20. The van der Waals surface area contributed by atoms with Gasteiger partial charge in [0.15, 0.2) is 5.02 Å². The highest BCUT2D eigenvalue weighted by molar-refractivity contribution is 6.33. The molecule has 2 rings (SSSR count). The standard InChI is InChI=1S/C12H11ClN4O4/c1-7-11(13)12(17(20)21)15-16(7)6-10(19)14-8-4-2-3-5-9(8)18/h2-5,18H,6H2,1H3,(H,14,19). The lowest BCUT2D eigenvalue weighted by atomic mass is 10.3. The van der Waals surface area contributed by atoms with E-state index in [1.54, 1.807) is 12.1 Å². The Morgan fingerprint density at radius 2 is 2.19 bits per heavy atom. The molecule has 0 spiro atoms. The van der Waals surface area contributed by atoms with E-state index >= 15 is 0 Å². The van der Waals surface area contributed by atoms with Crippen molar-refractivity contribution in [2.24, 2.45) is 0 Å². The van der Waals surface area contributed by atoms with Gasteiger partial charge in [-0.2, -0.15) is 4.68 Å². The molecule has 0 atom stereocenters. The number of amides is 1. The van der Waals surface area contributed by atoms with Gasteiger partial charge in [-0.15, -0.1) is 0 Å². The lowest BCUT2D eigenvalue weighted by Gasteiger charge is -2.06. The fraction of sp³-hybridized carbons (Fsp3) is 0.167. The fourth-order valence-corrected chi connectivity index (χ4v) is 1.89. The van der Waals surface area contributed by atoms with Crippen molar-refractivity contribution in [3.8, 4) is 5.75 Å². The first-order valence-electron chi connectivity index (χ1n) is 5.85. The maximum Gasteiger partial charge on any atom is 0.408 e. The van der Waals surface area contributed by atoms with Crippen LogP contribution < -0.4 is 5.32 Å². The zero-order chi connectivity index (χ0) is 15.6. The van der Waals surface area contributed by atoms with Gasteiger partial charge >= 0.3 is 5.82 Å². The zero-order valence-corrected chi connectivity index (χ0v) is 11.7. The van der Waals surface area contributed by atoms with Crippen LogP contribution in [-0.2, 0) is 11.3 Å². The minimum atomic E-state index is -0.716. The molecule has 0 radical (unpaired) electrons. The summed E-state index contributed by atoms with van der Waals surface area (Å²) < 4.78 is 1.13. The van der Waals surface area contributed by atoms with Gasteiger partial charge in [-0.05, 0) is 24.0 Å². The summed E-state index contributed by atoms with van der Waals surface area (Å²) in [5, 5.41) is 26.3. The minimum absolute atomic E-state index is 0.0768. The number of hydrogen-bond donors (Lipinski definition) is 2. The molecule has 0 saturated carbocycles. The van der Waals surface area contributed by atoms with Crippen molar-refractivity contribution < 1.29 is 14.8 Å². The Bertz CT molecular complexity index is 713. The first-order valence-corrected chi connectivity index (χ1v) is 6.23. The number of phenols is 1. The van der Waals surface area contributed by atoms with Crippen molar-refractivity contribution in [1.29, 1.82) is 0 Å². The summed E-state index contributed by atoms with van der Waals surface area (Å²) >= 11 is 5.78. The van der Waals surface area contributed by atoms with Crippen LogP contribution in [-0.4, -0.2) is 25.7 Å². The number of rotatable bonds is 4. The summed E-state index contributed by atoms with van der Waals surface area (Å²) in [6.45, 7) is 1.27. The molecule has 0 aliphatic heterocycles. The van der Waals surface area contributed by atoms with E-state index in [0.717, 1.165) is 4.68 Å². The van der Waals surface area contributed by atoms with Crippen LogP contribution in [0.25, 0.3) is 0 Å². The second-order valence-corrected chi connectivity index (χ2v) is 4.58. The molecule has 1 amide bonds. The molecule has 0 unspecified atom stereocenters. The number of para-hydroxylation sites is 2. The summed E-state index contributed by atoms with van der Waals surface area (Å²) in [5.74, 6) is -1.06. The minimum Gasteiger partial charge on any atom is -0.506 e. The fourth-order valence-electron chi connectivity index (χ4n) is 1.68. The summed E-state index contributed by atoms with van der Waals surface area (Å²) in [7, 11) is 0. The molecule has 110 valence electrons. The predicted molar refractivity (Wildman–Crippen MR) is 75.4 cm³/mol. The molecule has 2 N–H and O–H groups in total. The van der Waals surface area contributed by atoms with Gasteiger partial charge in [0.25, 0.3) is 0 Å². The number of benzene rings is 1. The molecule has 9 heteroatoms. The Kier molecular flexibility index (Phi) is 4.08. The van der Waals surface area contributed by atoms with Gasteiger partial charge in [0.1, 0.15) is 12.3 Å². The van der Waals surface area contributed by atoms with Crippen LogP contribution in [0.5, 0.6) is 5.75 Å². The highest BCUT2D eigenvalue weighted by Crippen LogP contribution is 2.26. The number of aromatic nitrogens is 2. The molecule has 0 bridgehead atoms. The van der Waals surface area contributed by atoms with Crippen LogP contribution in [0.4, 0.5) is 11.5 Å². The van der Waals surface area contributed by atoms with Gasteiger partial charge in [0.2, 0.25) is 5.91 Å². The molecule has 1 aromatic carbocycles. The number of halogens is 1. The number of nitrogens with zero attached hydrogens (tertiary/aromatic N) is 3. The summed E-state index contributed by atoms with van der Waals surface area (Å²) in [6, 6.07) is 6.22. The lowest BCUT2D eigenvalue weighted by molar-refractivity contribution is -0.389. The normalized spacial score (nSPS) is 10.4. The molecule has 1 heterocycles. The van der Waals surface area contributed by atoms with Gasteiger partial charge in [-0.3, -0.25) is 4.79 Å². The van der Waals surface area contributed by atoms with Crippen LogP contribution in [0.1, 0.15) is 5.69 Å².